The van der Waals surface area contributed by atoms with Crippen LogP contribution in [0.15, 0.2) is 0 Å². The van der Waals surface area contributed by atoms with E-state index in [1.54, 1.807) is 10.4 Å². The lowest BCUT2D eigenvalue weighted by Crippen LogP contribution is -1.71. The van der Waals surface area contributed by atoms with Crippen molar-refractivity contribution in [1.82, 2.24) is 0 Å². The van der Waals surface area contributed by atoms with E-state index < -0.39 is 4.07 Å². The van der Waals surface area contributed by atoms with Crippen LogP contribution in [0.2, 0.25) is 0 Å². The Kier molecular flexibility index (Phi) is 5.51. The van der Waals surface area contributed by atoms with Crippen LogP contribution in [0.25, 0.3) is 0 Å². The molecule has 0 radical (unpaired) electrons. The quantitative estimate of drug-likeness (QED) is 0.401. The third-order valence-electron chi connectivity index (χ3n) is 0.806. The van der Waals surface area contributed by atoms with E-state index in [-0.39, 0.29) is 5.53 Å². The van der Waals surface area contributed by atoms with Gasteiger partial charge in [0, 0.05) is 6.26 Å². The van der Waals surface area contributed by atoms with Crippen LogP contribution in [0.3, 0.4) is 0 Å². The summed E-state index contributed by atoms with van der Waals surface area (Å²) in [5.74, 6) is 0. The van der Waals surface area contributed by atoms with Crippen molar-refractivity contribution in [3.63, 3.8) is 0 Å². The predicted octanol–water partition coefficient (Wildman–Crippen LogP) is 5.67. The third-order valence-corrected chi connectivity index (χ3v) is 45.2. The van der Waals surface area contributed by atoms with Gasteiger partial charge in [0.15, 0.2) is 5.53 Å². The maximum absolute atomic E-state index is 4.30. The topological polar surface area (TPSA) is 0 Å². The molecule has 1 aliphatic rings. The Morgan fingerprint density at radius 2 is 2.00 bits per heavy atom. The summed E-state index contributed by atoms with van der Waals surface area (Å²) >= 11 is 12.6. The van der Waals surface area contributed by atoms with Gasteiger partial charge in [0.2, 0.25) is 0 Å². The SMILES string of the molecule is CSP1S[P+](SC)(SS)S1. The molecule has 0 unspecified atom stereocenters. The van der Waals surface area contributed by atoms with E-state index in [2.05, 4.69) is 46.2 Å². The van der Waals surface area contributed by atoms with Gasteiger partial charge in [-0.1, -0.05) is 11.7 Å². The Hall–Kier alpha value is 2.96. The first kappa shape index (κ1) is 11.0. The summed E-state index contributed by atoms with van der Waals surface area (Å²) in [5.41, 5.74) is 0.214. The number of hydrogen-bond acceptors (Lipinski definition) is 6. The Labute approximate surface area is 88.1 Å². The second-order valence-corrected chi connectivity index (χ2v) is 28.0. The van der Waals surface area contributed by atoms with Crippen LogP contribution in [-0.2, 0) is 0 Å². The summed E-state index contributed by atoms with van der Waals surface area (Å²) in [6.07, 6.45) is 4.40. The van der Waals surface area contributed by atoms with Crippen LogP contribution in [-0.4, -0.2) is 12.5 Å². The van der Waals surface area contributed by atoms with Crippen LogP contribution in [0.1, 0.15) is 0 Å². The van der Waals surface area contributed by atoms with E-state index in [4.69, 9.17) is 0 Å². The first-order chi connectivity index (χ1) is 4.76. The normalized spacial score (nSPS) is 39.3. The molecule has 1 rings (SSSR count). The van der Waals surface area contributed by atoms with Crippen molar-refractivity contribution in [1.29, 1.82) is 0 Å². The van der Waals surface area contributed by atoms with Crippen molar-refractivity contribution < 1.29 is 0 Å². The lowest BCUT2D eigenvalue weighted by molar-refractivity contribution is 2.54. The molecule has 1 heterocycles. The van der Waals surface area contributed by atoms with E-state index >= 15 is 0 Å². The molecule has 0 N–H and O–H groups in total. The fourth-order valence-electron chi connectivity index (χ4n) is 0.366. The highest BCUT2D eigenvalue weighted by molar-refractivity contribution is 9.70. The fraction of sp³-hybridized carbons (Fsp3) is 1.00. The molecule has 1 fully saturated rings. The maximum atomic E-state index is 4.30. The zero-order valence-corrected chi connectivity index (χ0v) is 12.1. The average Bonchev–Trinajstić information content (AvgIpc) is 1.89. The Morgan fingerprint density at radius 1 is 1.40 bits per heavy atom. The minimum Gasteiger partial charge on any atom is -0.109 e. The van der Waals surface area contributed by atoms with Gasteiger partial charge in [-0.05, 0) is 6.26 Å². The first-order valence-corrected chi connectivity index (χ1v) is 15.6. The van der Waals surface area contributed by atoms with E-state index in [0.717, 1.165) is 0 Å². The first-order valence-electron chi connectivity index (χ1n) is 2.28. The highest BCUT2D eigenvalue weighted by Crippen LogP contribution is 3.17. The predicted molar refractivity (Wildman–Crippen MR) is 72.6 cm³/mol. The second-order valence-electron chi connectivity index (χ2n) is 1.28. The van der Waals surface area contributed by atoms with E-state index in [1.807, 2.05) is 22.8 Å². The van der Waals surface area contributed by atoms with Gasteiger partial charge in [-0.2, -0.15) is 0 Å². The molecular formula is C2H7P2S6+. The van der Waals surface area contributed by atoms with Gasteiger partial charge in [-0.15, -0.1) is 11.4 Å². The fourth-order valence-corrected chi connectivity index (χ4v) is 56.5. The second kappa shape index (κ2) is 4.99. The van der Waals surface area contributed by atoms with Crippen molar-refractivity contribution in [2.75, 3.05) is 12.5 Å². The van der Waals surface area contributed by atoms with Gasteiger partial charge in [-0.3, -0.25) is 0 Å². The molecule has 0 spiro atoms. The molecular weight excluding hydrogens is 278 g/mol. The number of thiol groups is 1. The molecule has 0 amide bonds. The Bertz CT molecular complexity index is 106. The van der Waals surface area contributed by atoms with Crippen LogP contribution >= 0.6 is 76.4 Å². The Balaban J connectivity index is 2.31. The summed E-state index contributed by atoms with van der Waals surface area (Å²) in [7, 11) is 1.78. The maximum Gasteiger partial charge on any atom is 0.272 e. The molecule has 1 saturated heterocycles. The molecule has 0 aromatic carbocycles. The largest absolute Gasteiger partial charge is 0.272 e. The highest BCUT2D eigenvalue weighted by Gasteiger charge is 2.59. The highest BCUT2D eigenvalue weighted by atomic mass is 34.0. The molecule has 0 aliphatic carbocycles. The zero-order valence-electron chi connectivity index (χ0n) is 5.38. The monoisotopic (exact) mass is 285 g/mol. The van der Waals surface area contributed by atoms with Crippen molar-refractivity contribution in [2.24, 2.45) is 0 Å². The van der Waals surface area contributed by atoms with Crippen molar-refractivity contribution in [2.45, 2.75) is 0 Å². The van der Waals surface area contributed by atoms with Gasteiger partial charge in [0.05, 0.1) is 11.4 Å². The summed E-state index contributed by atoms with van der Waals surface area (Å²) in [6, 6.07) is 0. The summed E-state index contributed by atoms with van der Waals surface area (Å²) in [4.78, 5) is 0. The smallest absolute Gasteiger partial charge is 0.109 e. The molecule has 0 saturated carbocycles. The molecule has 1 aliphatic heterocycles. The minimum atomic E-state index is -0.765. The third kappa shape index (κ3) is 2.47. The summed E-state index contributed by atoms with van der Waals surface area (Å²) in [6.45, 7) is 0. The van der Waals surface area contributed by atoms with Crippen LogP contribution < -0.4 is 0 Å². The van der Waals surface area contributed by atoms with Gasteiger partial charge in [0.25, 0.3) is 4.07 Å². The van der Waals surface area contributed by atoms with E-state index in [1.165, 1.54) is 0 Å². The van der Waals surface area contributed by atoms with E-state index in [9.17, 15) is 0 Å². The number of hydrogen-bond donors (Lipinski definition) is 1. The zero-order chi connectivity index (χ0) is 7.61. The van der Waals surface area contributed by atoms with E-state index in [0.29, 0.717) is 0 Å². The van der Waals surface area contributed by atoms with Gasteiger partial charge in [0.1, 0.15) is 32.4 Å². The van der Waals surface area contributed by atoms with Crippen molar-refractivity contribution >= 4 is 76.4 Å². The lowest BCUT2D eigenvalue weighted by atomic mass is 12.0. The van der Waals surface area contributed by atoms with Crippen LogP contribution in [0, 0.1) is 0 Å². The summed E-state index contributed by atoms with van der Waals surface area (Å²) < 4.78 is -0.765. The molecule has 0 bridgehead atoms. The standard InChI is InChI=1S/C2H6P2S6/c1-6-3-8-4(7-2,9-3)10-5/h1-2H3/p+1. The molecule has 60 valence electrons. The average molecular weight is 285 g/mol. The molecule has 0 aromatic heterocycles. The molecule has 0 aromatic rings. The lowest BCUT2D eigenvalue weighted by Gasteiger charge is -2.28. The molecule has 8 heteroatoms. The van der Waals surface area contributed by atoms with Crippen LogP contribution in [0.5, 0.6) is 0 Å². The molecule has 0 nitrogen and oxygen atoms in total. The van der Waals surface area contributed by atoms with Gasteiger partial charge >= 0.3 is 0 Å². The number of rotatable bonds is 3. The van der Waals surface area contributed by atoms with Gasteiger partial charge < -0.3 is 0 Å². The van der Waals surface area contributed by atoms with Crippen molar-refractivity contribution in [3.05, 3.63) is 0 Å². The molecule has 10 heavy (non-hydrogen) atoms. The van der Waals surface area contributed by atoms with Crippen LogP contribution in [0.4, 0.5) is 0 Å². The summed E-state index contributed by atoms with van der Waals surface area (Å²) in [5, 5.41) is 0. The van der Waals surface area contributed by atoms with Crippen molar-refractivity contribution in [3.8, 4) is 0 Å². The minimum absolute atomic E-state index is 0.214. The Morgan fingerprint density at radius 3 is 2.30 bits per heavy atom. The van der Waals surface area contributed by atoms with Gasteiger partial charge in [-0.25, -0.2) is 0 Å². The molecule has 0 atom stereocenters.